The number of alkyl carbamates (subject to hydrolysis) is 1. The van der Waals surface area contributed by atoms with Crippen LogP contribution in [0.15, 0.2) is 0 Å². The molecule has 2 aliphatic carbocycles. The summed E-state index contributed by atoms with van der Waals surface area (Å²) in [5.74, 6) is -5.91. The number of nitrogens with one attached hydrogen (secondary N) is 1. The molecule has 2 fully saturated rings. The Morgan fingerprint density at radius 3 is 2.05 bits per heavy atom. The highest BCUT2D eigenvalue weighted by Gasteiger charge is 2.73. The third-order valence-corrected chi connectivity index (χ3v) is 4.46. The molecule has 0 bridgehead atoms. The van der Waals surface area contributed by atoms with Crippen molar-refractivity contribution >= 4 is 12.1 Å². The van der Waals surface area contributed by atoms with Crippen LogP contribution in [0, 0.1) is 17.8 Å². The summed E-state index contributed by atoms with van der Waals surface area (Å²) < 4.78 is 31.5. The van der Waals surface area contributed by atoms with Crippen molar-refractivity contribution in [3.8, 4) is 0 Å². The lowest BCUT2D eigenvalue weighted by Crippen LogP contribution is -2.58. The van der Waals surface area contributed by atoms with Gasteiger partial charge in [0.15, 0.2) is 0 Å². The van der Waals surface area contributed by atoms with Crippen molar-refractivity contribution < 1.29 is 28.2 Å². The summed E-state index contributed by atoms with van der Waals surface area (Å²) in [5, 5.41) is 11.8. The summed E-state index contributed by atoms with van der Waals surface area (Å²) in [5.41, 5.74) is -2.35. The molecule has 5 nitrogen and oxygen atoms in total. The van der Waals surface area contributed by atoms with E-state index in [1.165, 1.54) is 6.92 Å². The summed E-state index contributed by atoms with van der Waals surface area (Å²) >= 11 is 0. The van der Waals surface area contributed by atoms with E-state index in [0.29, 0.717) is 0 Å². The maximum Gasteiger partial charge on any atom is 0.408 e. The normalized spacial score (nSPS) is 32.8. The van der Waals surface area contributed by atoms with Gasteiger partial charge in [-0.25, -0.2) is 18.4 Å². The largest absolute Gasteiger partial charge is 0.480 e. The van der Waals surface area contributed by atoms with Crippen LogP contribution in [-0.2, 0) is 9.53 Å². The zero-order valence-electron chi connectivity index (χ0n) is 12.6. The van der Waals surface area contributed by atoms with Gasteiger partial charge in [0, 0.05) is 11.8 Å². The number of halogens is 2. The molecule has 4 atom stereocenters. The van der Waals surface area contributed by atoms with Crippen LogP contribution < -0.4 is 5.32 Å². The van der Waals surface area contributed by atoms with Gasteiger partial charge in [0.25, 0.3) is 5.92 Å². The van der Waals surface area contributed by atoms with Crippen LogP contribution in [0.4, 0.5) is 13.6 Å². The van der Waals surface area contributed by atoms with Crippen LogP contribution in [0.5, 0.6) is 0 Å². The first-order chi connectivity index (χ1) is 9.38. The summed E-state index contributed by atoms with van der Waals surface area (Å²) in [7, 11) is 0. The third-order valence-electron chi connectivity index (χ3n) is 4.46. The van der Waals surface area contributed by atoms with Gasteiger partial charge in [-0.3, -0.25) is 0 Å². The van der Waals surface area contributed by atoms with Gasteiger partial charge in [0.05, 0.1) is 0 Å². The SMILES string of the molecule is CC(C)(C)OC(=O)N[C@@](C)(C(=O)O)C1C[C@@H]2[C@H](C1)C2(F)F. The van der Waals surface area contributed by atoms with Crippen molar-refractivity contribution in [2.45, 2.75) is 57.6 Å². The maximum atomic E-state index is 13.2. The van der Waals surface area contributed by atoms with Gasteiger partial charge < -0.3 is 15.2 Å². The molecule has 2 saturated carbocycles. The first kappa shape index (κ1) is 16.0. The van der Waals surface area contributed by atoms with Crippen LogP contribution in [-0.4, -0.2) is 34.2 Å². The lowest BCUT2D eigenvalue weighted by molar-refractivity contribution is -0.147. The number of ether oxygens (including phenoxy) is 1. The second-order valence-electron chi connectivity index (χ2n) is 7.19. The van der Waals surface area contributed by atoms with Gasteiger partial charge in [-0.2, -0.15) is 0 Å². The van der Waals surface area contributed by atoms with Crippen molar-refractivity contribution in [1.82, 2.24) is 5.32 Å². The Labute approximate surface area is 122 Å². The maximum absolute atomic E-state index is 13.2. The highest BCUT2D eigenvalue weighted by Crippen LogP contribution is 2.67. The van der Waals surface area contributed by atoms with Crippen molar-refractivity contribution in [1.29, 1.82) is 0 Å². The van der Waals surface area contributed by atoms with Gasteiger partial charge in [0.1, 0.15) is 11.1 Å². The minimum atomic E-state index is -2.66. The third kappa shape index (κ3) is 2.82. The van der Waals surface area contributed by atoms with E-state index in [-0.39, 0.29) is 12.8 Å². The van der Waals surface area contributed by atoms with E-state index in [1.54, 1.807) is 20.8 Å². The topological polar surface area (TPSA) is 75.6 Å². The van der Waals surface area contributed by atoms with E-state index in [0.717, 1.165) is 0 Å². The summed E-state index contributed by atoms with van der Waals surface area (Å²) in [6, 6.07) is 0. The molecule has 0 spiro atoms. The molecule has 1 unspecified atom stereocenters. The molecule has 2 aliphatic rings. The zero-order chi connectivity index (χ0) is 16.2. The molecular weight excluding hydrogens is 284 g/mol. The van der Waals surface area contributed by atoms with E-state index < -0.39 is 46.9 Å². The fourth-order valence-electron chi connectivity index (χ4n) is 3.13. The molecule has 0 aromatic carbocycles. The summed E-state index contributed by atoms with van der Waals surface area (Å²) in [4.78, 5) is 23.3. The standard InChI is InChI=1S/C14H21F2NO4/c1-12(2,3)21-11(20)17-13(4,10(18)19)7-5-8-9(6-7)14(8,15)16/h7-9H,5-6H2,1-4H3,(H,17,20)(H,18,19)/t7?,8-,9+,13-/m1/s1. The molecule has 21 heavy (non-hydrogen) atoms. The first-order valence-corrected chi connectivity index (χ1v) is 7.00. The average molecular weight is 305 g/mol. The number of rotatable bonds is 3. The molecule has 0 aromatic heterocycles. The van der Waals surface area contributed by atoms with Crippen molar-refractivity contribution in [3.05, 3.63) is 0 Å². The van der Waals surface area contributed by atoms with E-state index in [4.69, 9.17) is 4.74 Å². The van der Waals surface area contributed by atoms with Gasteiger partial charge in [-0.1, -0.05) is 0 Å². The van der Waals surface area contributed by atoms with Gasteiger partial charge >= 0.3 is 12.1 Å². The van der Waals surface area contributed by atoms with Crippen molar-refractivity contribution in [2.24, 2.45) is 17.8 Å². The van der Waals surface area contributed by atoms with E-state index in [2.05, 4.69) is 5.32 Å². The molecular formula is C14H21F2NO4. The molecule has 0 aliphatic heterocycles. The number of carbonyl (C=O) groups excluding carboxylic acids is 1. The summed E-state index contributed by atoms with van der Waals surface area (Å²) in [6.45, 7) is 6.34. The Morgan fingerprint density at radius 2 is 1.67 bits per heavy atom. The number of carbonyl (C=O) groups is 2. The predicted molar refractivity (Wildman–Crippen MR) is 70.1 cm³/mol. The lowest BCUT2D eigenvalue weighted by atomic mass is 9.82. The molecule has 2 N–H and O–H groups in total. The van der Waals surface area contributed by atoms with E-state index in [1.807, 2.05) is 0 Å². The fraction of sp³-hybridized carbons (Fsp3) is 0.857. The lowest BCUT2D eigenvalue weighted by Gasteiger charge is -2.34. The molecule has 7 heteroatoms. The van der Waals surface area contributed by atoms with Crippen LogP contribution in [0.2, 0.25) is 0 Å². The minimum Gasteiger partial charge on any atom is -0.480 e. The number of fused-ring (bicyclic) bond motifs is 1. The monoisotopic (exact) mass is 305 g/mol. The smallest absolute Gasteiger partial charge is 0.408 e. The van der Waals surface area contributed by atoms with Crippen LogP contribution >= 0.6 is 0 Å². The molecule has 0 saturated heterocycles. The average Bonchev–Trinajstić information content (AvgIpc) is 2.68. The molecule has 0 heterocycles. The van der Waals surface area contributed by atoms with Crippen molar-refractivity contribution in [3.63, 3.8) is 0 Å². The number of amides is 1. The first-order valence-electron chi connectivity index (χ1n) is 7.00. The quantitative estimate of drug-likeness (QED) is 0.840. The predicted octanol–water partition coefficient (Wildman–Crippen LogP) is 2.65. The fourth-order valence-corrected chi connectivity index (χ4v) is 3.13. The molecule has 0 aromatic rings. The Hall–Kier alpha value is -1.40. The highest BCUT2D eigenvalue weighted by molar-refractivity contribution is 5.84. The van der Waals surface area contributed by atoms with Crippen LogP contribution in [0.1, 0.15) is 40.5 Å². The molecule has 2 rings (SSSR count). The highest BCUT2D eigenvalue weighted by atomic mass is 19.3. The Balaban J connectivity index is 2.05. The van der Waals surface area contributed by atoms with Crippen molar-refractivity contribution in [2.75, 3.05) is 0 Å². The second-order valence-corrected chi connectivity index (χ2v) is 7.19. The molecule has 120 valence electrons. The number of hydrogen-bond acceptors (Lipinski definition) is 3. The number of alkyl halides is 2. The van der Waals surface area contributed by atoms with E-state index >= 15 is 0 Å². The summed E-state index contributed by atoms with van der Waals surface area (Å²) in [6.07, 6.45) is -0.633. The Bertz CT molecular complexity index is 460. The Morgan fingerprint density at radius 1 is 1.19 bits per heavy atom. The van der Waals surface area contributed by atoms with Gasteiger partial charge in [-0.15, -0.1) is 0 Å². The number of carboxylic acids is 1. The van der Waals surface area contributed by atoms with E-state index in [9.17, 15) is 23.5 Å². The minimum absolute atomic E-state index is 0.107. The number of hydrogen-bond donors (Lipinski definition) is 2. The van der Waals surface area contributed by atoms with Crippen LogP contribution in [0.3, 0.4) is 0 Å². The molecule has 1 amide bonds. The van der Waals surface area contributed by atoms with Gasteiger partial charge in [0.2, 0.25) is 0 Å². The Kier molecular flexibility index (Phi) is 3.46. The molecule has 0 radical (unpaired) electrons. The van der Waals surface area contributed by atoms with Gasteiger partial charge in [-0.05, 0) is 46.5 Å². The zero-order valence-corrected chi connectivity index (χ0v) is 12.6. The second kappa shape index (κ2) is 4.55. The number of aliphatic carboxylic acids is 1. The number of carboxylic acid groups (broad SMARTS) is 1. The van der Waals surface area contributed by atoms with Crippen LogP contribution in [0.25, 0.3) is 0 Å².